The van der Waals surface area contributed by atoms with Crippen molar-refractivity contribution in [3.63, 3.8) is 0 Å². The molecule has 1 aliphatic heterocycles. The molecule has 0 bridgehead atoms. The fourth-order valence-corrected chi connectivity index (χ4v) is 2.53. The molecule has 0 aromatic heterocycles. The standard InChI is InChI=1S/C14H21N3S/c1-11-4-5-13(12(2)10-11)15-14(18)17-8-6-16(3)7-9-17/h4-5,10H,6-9H2,1-3H3,(H,15,18)/p+1. The summed E-state index contributed by atoms with van der Waals surface area (Å²) in [6, 6.07) is 6.41. The highest BCUT2D eigenvalue weighted by atomic mass is 32.1. The summed E-state index contributed by atoms with van der Waals surface area (Å²) in [7, 11) is 2.23. The van der Waals surface area contributed by atoms with Crippen molar-refractivity contribution in [2.45, 2.75) is 13.8 Å². The van der Waals surface area contributed by atoms with Crippen molar-refractivity contribution in [2.75, 3.05) is 38.5 Å². The van der Waals surface area contributed by atoms with Crippen molar-refractivity contribution < 1.29 is 4.90 Å². The quantitative estimate of drug-likeness (QED) is 0.733. The van der Waals surface area contributed by atoms with Gasteiger partial charge in [-0.05, 0) is 37.7 Å². The molecule has 4 heteroatoms. The van der Waals surface area contributed by atoms with Crippen LogP contribution in [-0.4, -0.2) is 43.2 Å². The lowest BCUT2D eigenvalue weighted by Crippen LogP contribution is -3.12. The Bertz CT molecular complexity index is 437. The average Bonchev–Trinajstić information content (AvgIpc) is 2.33. The minimum atomic E-state index is 0.856. The van der Waals surface area contributed by atoms with Crippen LogP contribution in [0.15, 0.2) is 18.2 Å². The van der Waals surface area contributed by atoms with E-state index in [-0.39, 0.29) is 0 Å². The smallest absolute Gasteiger partial charge is 0.173 e. The second-order valence-electron chi connectivity index (χ2n) is 5.19. The first-order valence-corrected chi connectivity index (χ1v) is 6.91. The topological polar surface area (TPSA) is 19.7 Å². The van der Waals surface area contributed by atoms with Crippen LogP contribution in [0.1, 0.15) is 11.1 Å². The van der Waals surface area contributed by atoms with E-state index in [0.717, 1.165) is 37.0 Å². The molecule has 1 saturated heterocycles. The molecule has 0 atom stereocenters. The Morgan fingerprint density at radius 3 is 2.56 bits per heavy atom. The van der Waals surface area contributed by atoms with E-state index in [1.165, 1.54) is 11.1 Å². The molecule has 98 valence electrons. The van der Waals surface area contributed by atoms with Gasteiger partial charge in [0.1, 0.15) is 0 Å². The Labute approximate surface area is 115 Å². The Hall–Kier alpha value is -1.13. The van der Waals surface area contributed by atoms with Crippen LogP contribution in [-0.2, 0) is 0 Å². The van der Waals surface area contributed by atoms with E-state index in [9.17, 15) is 0 Å². The molecule has 1 aromatic rings. The average molecular weight is 264 g/mol. The Kier molecular flexibility index (Phi) is 4.19. The van der Waals surface area contributed by atoms with E-state index in [1.807, 2.05) is 0 Å². The third-order valence-corrected chi connectivity index (χ3v) is 3.89. The molecule has 18 heavy (non-hydrogen) atoms. The predicted molar refractivity (Wildman–Crippen MR) is 80.3 cm³/mol. The van der Waals surface area contributed by atoms with E-state index in [1.54, 1.807) is 4.90 Å². The van der Waals surface area contributed by atoms with Crippen molar-refractivity contribution in [1.29, 1.82) is 0 Å². The first-order valence-electron chi connectivity index (χ1n) is 6.51. The van der Waals surface area contributed by atoms with Gasteiger partial charge in [-0.1, -0.05) is 17.7 Å². The van der Waals surface area contributed by atoms with Gasteiger partial charge in [0.15, 0.2) is 5.11 Å². The third-order valence-electron chi connectivity index (χ3n) is 3.53. The fourth-order valence-electron chi connectivity index (χ4n) is 2.24. The molecule has 0 spiro atoms. The Balaban J connectivity index is 1.98. The zero-order valence-corrected chi connectivity index (χ0v) is 12.2. The minimum Gasteiger partial charge on any atom is -0.338 e. The lowest BCUT2D eigenvalue weighted by atomic mass is 10.1. The van der Waals surface area contributed by atoms with Gasteiger partial charge in [-0.25, -0.2) is 0 Å². The molecule has 1 fully saturated rings. The SMILES string of the molecule is Cc1ccc(NC(=S)N2CC[NH+](C)CC2)c(C)c1. The monoisotopic (exact) mass is 264 g/mol. The molecule has 0 aliphatic carbocycles. The summed E-state index contributed by atoms with van der Waals surface area (Å²) in [6.45, 7) is 8.64. The third kappa shape index (κ3) is 3.21. The molecular formula is C14H22N3S+. The predicted octanol–water partition coefficient (Wildman–Crippen LogP) is 0.831. The van der Waals surface area contributed by atoms with Gasteiger partial charge in [-0.15, -0.1) is 0 Å². The van der Waals surface area contributed by atoms with Crippen LogP contribution in [0.5, 0.6) is 0 Å². The molecule has 3 nitrogen and oxygen atoms in total. The number of nitrogens with one attached hydrogen (secondary N) is 2. The summed E-state index contributed by atoms with van der Waals surface area (Å²) in [5.41, 5.74) is 3.65. The number of anilines is 1. The summed E-state index contributed by atoms with van der Waals surface area (Å²) < 4.78 is 0. The Morgan fingerprint density at radius 1 is 1.28 bits per heavy atom. The van der Waals surface area contributed by atoms with Crippen LogP contribution in [0.3, 0.4) is 0 Å². The fraction of sp³-hybridized carbons (Fsp3) is 0.500. The number of piperazine rings is 1. The van der Waals surface area contributed by atoms with Gasteiger partial charge in [0.25, 0.3) is 0 Å². The normalized spacial score (nSPS) is 16.7. The number of nitrogens with zero attached hydrogens (tertiary/aromatic N) is 1. The summed E-state index contributed by atoms with van der Waals surface area (Å²) in [6.07, 6.45) is 0. The summed E-state index contributed by atoms with van der Waals surface area (Å²) in [5.74, 6) is 0. The Morgan fingerprint density at radius 2 is 1.94 bits per heavy atom. The van der Waals surface area contributed by atoms with Crippen molar-refractivity contribution in [2.24, 2.45) is 0 Å². The second kappa shape index (κ2) is 5.67. The number of aryl methyl sites for hydroxylation is 2. The number of quaternary nitrogens is 1. The molecule has 0 unspecified atom stereocenters. The zero-order chi connectivity index (χ0) is 13.1. The molecule has 0 saturated carbocycles. The first kappa shape index (κ1) is 13.3. The number of thiocarbonyl (C=S) groups is 1. The molecule has 0 amide bonds. The maximum atomic E-state index is 5.49. The van der Waals surface area contributed by atoms with Gasteiger partial charge < -0.3 is 15.1 Å². The van der Waals surface area contributed by atoms with E-state index < -0.39 is 0 Å². The van der Waals surface area contributed by atoms with Gasteiger partial charge in [-0.3, -0.25) is 0 Å². The van der Waals surface area contributed by atoms with E-state index in [2.05, 4.69) is 49.3 Å². The molecule has 2 rings (SSSR count). The van der Waals surface area contributed by atoms with Crippen LogP contribution < -0.4 is 10.2 Å². The van der Waals surface area contributed by atoms with Gasteiger partial charge in [0, 0.05) is 5.69 Å². The van der Waals surface area contributed by atoms with Gasteiger partial charge in [0.2, 0.25) is 0 Å². The summed E-state index contributed by atoms with van der Waals surface area (Å²) >= 11 is 5.49. The summed E-state index contributed by atoms with van der Waals surface area (Å²) in [5, 5.41) is 4.23. The highest BCUT2D eigenvalue weighted by Gasteiger charge is 2.18. The van der Waals surface area contributed by atoms with Crippen LogP contribution >= 0.6 is 12.2 Å². The van der Waals surface area contributed by atoms with Crippen molar-refractivity contribution >= 4 is 23.0 Å². The highest BCUT2D eigenvalue weighted by molar-refractivity contribution is 7.80. The number of benzene rings is 1. The van der Waals surface area contributed by atoms with Crippen molar-refractivity contribution in [3.05, 3.63) is 29.3 Å². The first-order chi connectivity index (χ1) is 8.56. The van der Waals surface area contributed by atoms with Crippen LogP contribution in [0.4, 0.5) is 5.69 Å². The largest absolute Gasteiger partial charge is 0.338 e. The van der Waals surface area contributed by atoms with E-state index in [0.29, 0.717) is 0 Å². The van der Waals surface area contributed by atoms with Crippen LogP contribution in [0.2, 0.25) is 0 Å². The van der Waals surface area contributed by atoms with Crippen LogP contribution in [0, 0.1) is 13.8 Å². The zero-order valence-electron chi connectivity index (χ0n) is 11.4. The number of hydrogen-bond donors (Lipinski definition) is 2. The highest BCUT2D eigenvalue weighted by Crippen LogP contribution is 2.16. The molecule has 0 radical (unpaired) electrons. The van der Waals surface area contributed by atoms with Crippen molar-refractivity contribution in [1.82, 2.24) is 4.90 Å². The van der Waals surface area contributed by atoms with Gasteiger partial charge in [0.05, 0.1) is 33.2 Å². The number of likely N-dealkylation sites (N-methyl/N-ethyl adjacent to an activating group) is 1. The number of rotatable bonds is 1. The van der Waals surface area contributed by atoms with Gasteiger partial charge >= 0.3 is 0 Å². The van der Waals surface area contributed by atoms with E-state index in [4.69, 9.17) is 12.2 Å². The lowest BCUT2D eigenvalue weighted by molar-refractivity contribution is -0.883. The van der Waals surface area contributed by atoms with Crippen molar-refractivity contribution in [3.8, 4) is 0 Å². The number of hydrogen-bond acceptors (Lipinski definition) is 1. The molecule has 1 heterocycles. The molecular weight excluding hydrogens is 242 g/mol. The second-order valence-corrected chi connectivity index (χ2v) is 5.58. The van der Waals surface area contributed by atoms with Gasteiger partial charge in [-0.2, -0.15) is 0 Å². The maximum absolute atomic E-state index is 5.49. The lowest BCUT2D eigenvalue weighted by Gasteiger charge is -2.32. The summed E-state index contributed by atoms with van der Waals surface area (Å²) in [4.78, 5) is 3.85. The molecule has 1 aliphatic rings. The minimum absolute atomic E-state index is 0.856. The van der Waals surface area contributed by atoms with Crippen LogP contribution in [0.25, 0.3) is 0 Å². The van der Waals surface area contributed by atoms with E-state index >= 15 is 0 Å². The molecule has 1 aromatic carbocycles. The maximum Gasteiger partial charge on any atom is 0.173 e. The molecule has 2 N–H and O–H groups in total.